The van der Waals surface area contributed by atoms with Crippen LogP contribution in [0.25, 0.3) is 11.0 Å². The summed E-state index contributed by atoms with van der Waals surface area (Å²) in [7, 11) is 1.56. The van der Waals surface area contributed by atoms with Crippen LogP contribution in [-0.2, 0) is 4.74 Å². The number of hydrogen-bond acceptors (Lipinski definition) is 5. The van der Waals surface area contributed by atoms with Gasteiger partial charge in [0.15, 0.2) is 17.3 Å². The molecule has 0 spiro atoms. The molecule has 0 saturated heterocycles. The average Bonchev–Trinajstić information content (AvgIpc) is 2.42. The van der Waals surface area contributed by atoms with Gasteiger partial charge in [-0.3, -0.25) is 4.79 Å². The molecule has 2 aromatic rings. The second-order valence-corrected chi connectivity index (χ2v) is 4.94. The van der Waals surface area contributed by atoms with Gasteiger partial charge in [-0.2, -0.15) is 0 Å². The predicted octanol–water partition coefficient (Wildman–Crippen LogP) is 3.11. The molecule has 1 heterocycles. The Balaban J connectivity index is 2.68. The quantitative estimate of drug-likeness (QED) is 0.636. The standard InChI is InChI=1S/C14H16O4S/c1-8-11(17-7-16-3)6-5-10-12(15)9(2)14(19-4)18-13(8)10/h5-6H,7H2,1-4H3. The number of hydrogen-bond donors (Lipinski definition) is 0. The highest BCUT2D eigenvalue weighted by Gasteiger charge is 2.14. The summed E-state index contributed by atoms with van der Waals surface area (Å²) in [5.41, 5.74) is 2.03. The molecule has 1 aromatic heterocycles. The SMILES string of the molecule is COCOc1ccc2c(=O)c(C)c(SC)oc2c1C. The van der Waals surface area contributed by atoms with Gasteiger partial charge in [-0.1, -0.05) is 11.8 Å². The Hall–Kier alpha value is -1.46. The summed E-state index contributed by atoms with van der Waals surface area (Å²) in [6.07, 6.45) is 1.89. The second-order valence-electron chi connectivity index (χ2n) is 4.16. The first kappa shape index (κ1) is 14.0. The molecule has 1 aromatic carbocycles. The summed E-state index contributed by atoms with van der Waals surface area (Å²) in [5, 5.41) is 1.22. The molecule has 0 radical (unpaired) electrons. The van der Waals surface area contributed by atoms with Crippen molar-refractivity contribution in [1.82, 2.24) is 0 Å². The number of methoxy groups -OCH3 is 1. The third-order valence-electron chi connectivity index (χ3n) is 2.96. The van der Waals surface area contributed by atoms with Crippen LogP contribution in [0.3, 0.4) is 0 Å². The minimum Gasteiger partial charge on any atom is -0.467 e. The summed E-state index contributed by atoms with van der Waals surface area (Å²) >= 11 is 1.42. The molecule has 5 heteroatoms. The van der Waals surface area contributed by atoms with E-state index in [0.717, 1.165) is 5.56 Å². The number of benzene rings is 1. The summed E-state index contributed by atoms with van der Waals surface area (Å²) in [6, 6.07) is 3.50. The van der Waals surface area contributed by atoms with Crippen molar-refractivity contribution in [3.8, 4) is 5.75 Å². The summed E-state index contributed by atoms with van der Waals surface area (Å²) in [6.45, 7) is 3.81. The Labute approximate surface area is 115 Å². The highest BCUT2D eigenvalue weighted by Crippen LogP contribution is 2.29. The normalized spacial score (nSPS) is 10.9. The molecule has 0 fully saturated rings. The predicted molar refractivity (Wildman–Crippen MR) is 76.2 cm³/mol. The van der Waals surface area contributed by atoms with E-state index >= 15 is 0 Å². The van der Waals surface area contributed by atoms with E-state index in [2.05, 4.69) is 0 Å². The molecule has 4 nitrogen and oxygen atoms in total. The van der Waals surface area contributed by atoms with E-state index in [-0.39, 0.29) is 12.2 Å². The fourth-order valence-electron chi connectivity index (χ4n) is 1.92. The van der Waals surface area contributed by atoms with Crippen molar-refractivity contribution in [2.75, 3.05) is 20.2 Å². The van der Waals surface area contributed by atoms with E-state index in [9.17, 15) is 4.79 Å². The fourth-order valence-corrected chi connectivity index (χ4v) is 2.49. The Morgan fingerprint density at radius 3 is 2.63 bits per heavy atom. The summed E-state index contributed by atoms with van der Waals surface area (Å²) < 4.78 is 16.1. The molecular formula is C14H16O4S. The lowest BCUT2D eigenvalue weighted by Gasteiger charge is -2.11. The van der Waals surface area contributed by atoms with Gasteiger partial charge in [-0.25, -0.2) is 0 Å². The van der Waals surface area contributed by atoms with Crippen LogP contribution in [0.4, 0.5) is 0 Å². The minimum absolute atomic E-state index is 0.00647. The molecular weight excluding hydrogens is 264 g/mol. The first-order valence-corrected chi connectivity index (χ1v) is 7.05. The molecule has 0 N–H and O–H groups in total. The second kappa shape index (κ2) is 5.67. The van der Waals surface area contributed by atoms with Crippen molar-refractivity contribution in [3.05, 3.63) is 33.5 Å². The van der Waals surface area contributed by atoms with Crippen molar-refractivity contribution in [2.24, 2.45) is 0 Å². The molecule has 0 saturated carbocycles. The van der Waals surface area contributed by atoms with Crippen LogP contribution in [-0.4, -0.2) is 20.2 Å². The molecule has 0 aliphatic carbocycles. The molecule has 0 atom stereocenters. The van der Waals surface area contributed by atoms with Crippen LogP contribution in [0, 0.1) is 13.8 Å². The molecule has 0 aliphatic rings. The lowest BCUT2D eigenvalue weighted by Crippen LogP contribution is -2.08. The fraction of sp³-hybridized carbons (Fsp3) is 0.357. The maximum Gasteiger partial charge on any atom is 0.196 e. The number of ether oxygens (including phenoxy) is 2. The van der Waals surface area contributed by atoms with E-state index in [1.807, 2.05) is 13.2 Å². The first-order chi connectivity index (χ1) is 9.10. The van der Waals surface area contributed by atoms with Crippen molar-refractivity contribution < 1.29 is 13.9 Å². The van der Waals surface area contributed by atoms with Crippen molar-refractivity contribution >= 4 is 22.7 Å². The highest BCUT2D eigenvalue weighted by molar-refractivity contribution is 7.98. The maximum absolute atomic E-state index is 12.2. The van der Waals surface area contributed by atoms with Gasteiger partial charge in [0.25, 0.3) is 0 Å². The molecule has 0 amide bonds. The van der Waals surface area contributed by atoms with Crippen LogP contribution >= 0.6 is 11.8 Å². The number of thioether (sulfide) groups is 1. The van der Waals surface area contributed by atoms with Crippen LogP contribution in [0.15, 0.2) is 26.4 Å². The van der Waals surface area contributed by atoms with Gasteiger partial charge >= 0.3 is 0 Å². The zero-order chi connectivity index (χ0) is 14.0. The smallest absolute Gasteiger partial charge is 0.196 e. The van der Waals surface area contributed by atoms with E-state index in [1.165, 1.54) is 11.8 Å². The zero-order valence-corrected chi connectivity index (χ0v) is 12.2. The van der Waals surface area contributed by atoms with Crippen molar-refractivity contribution in [2.45, 2.75) is 18.9 Å². The Bertz CT molecular complexity index is 661. The third-order valence-corrected chi connectivity index (χ3v) is 3.72. The molecule has 0 bridgehead atoms. The Morgan fingerprint density at radius 1 is 1.26 bits per heavy atom. The number of fused-ring (bicyclic) bond motifs is 1. The van der Waals surface area contributed by atoms with Gasteiger partial charge in [0.2, 0.25) is 0 Å². The Kier molecular flexibility index (Phi) is 4.17. The van der Waals surface area contributed by atoms with Crippen LogP contribution < -0.4 is 10.2 Å². The van der Waals surface area contributed by atoms with Crippen LogP contribution in [0.2, 0.25) is 0 Å². The summed E-state index contributed by atoms with van der Waals surface area (Å²) in [4.78, 5) is 12.2. The third kappa shape index (κ3) is 2.48. The molecule has 19 heavy (non-hydrogen) atoms. The largest absolute Gasteiger partial charge is 0.467 e. The van der Waals surface area contributed by atoms with E-state index < -0.39 is 0 Å². The lowest BCUT2D eigenvalue weighted by atomic mass is 10.1. The molecule has 102 valence electrons. The van der Waals surface area contributed by atoms with Gasteiger partial charge in [-0.15, -0.1) is 0 Å². The highest BCUT2D eigenvalue weighted by atomic mass is 32.2. The van der Waals surface area contributed by atoms with Gasteiger partial charge < -0.3 is 13.9 Å². The van der Waals surface area contributed by atoms with Crippen LogP contribution in [0.5, 0.6) is 5.75 Å². The van der Waals surface area contributed by atoms with Gasteiger partial charge in [-0.05, 0) is 32.2 Å². The average molecular weight is 280 g/mol. The van der Waals surface area contributed by atoms with Gasteiger partial charge in [0.05, 0.1) is 5.39 Å². The molecule has 0 unspecified atom stereocenters. The van der Waals surface area contributed by atoms with E-state index in [0.29, 0.717) is 27.4 Å². The Morgan fingerprint density at radius 2 is 2.00 bits per heavy atom. The number of aryl methyl sites for hydroxylation is 1. The van der Waals surface area contributed by atoms with Crippen LogP contribution in [0.1, 0.15) is 11.1 Å². The van der Waals surface area contributed by atoms with Crippen molar-refractivity contribution in [1.29, 1.82) is 0 Å². The van der Waals surface area contributed by atoms with E-state index in [1.54, 1.807) is 26.2 Å². The van der Waals surface area contributed by atoms with Gasteiger partial charge in [0.1, 0.15) is 11.3 Å². The minimum atomic E-state index is 0.00647. The first-order valence-electron chi connectivity index (χ1n) is 5.83. The molecule has 2 rings (SSSR count). The van der Waals surface area contributed by atoms with Gasteiger partial charge in [0, 0.05) is 18.2 Å². The maximum atomic E-state index is 12.2. The number of rotatable bonds is 4. The zero-order valence-electron chi connectivity index (χ0n) is 11.4. The lowest BCUT2D eigenvalue weighted by molar-refractivity contribution is 0.0507. The molecule has 0 aliphatic heterocycles. The summed E-state index contributed by atoms with van der Waals surface area (Å²) in [5.74, 6) is 0.661. The van der Waals surface area contributed by atoms with E-state index in [4.69, 9.17) is 13.9 Å². The van der Waals surface area contributed by atoms with Crippen molar-refractivity contribution in [3.63, 3.8) is 0 Å². The monoisotopic (exact) mass is 280 g/mol. The topological polar surface area (TPSA) is 48.7 Å².